The fraction of sp³-hybridized carbons (Fsp3) is 0.130. The van der Waals surface area contributed by atoms with Gasteiger partial charge in [0.15, 0.2) is 5.17 Å². The van der Waals surface area contributed by atoms with Crippen molar-refractivity contribution in [3.05, 3.63) is 77.5 Å². The van der Waals surface area contributed by atoms with Crippen molar-refractivity contribution in [1.29, 1.82) is 0 Å². The number of hydrogen-bond acceptors (Lipinski definition) is 5. The summed E-state index contributed by atoms with van der Waals surface area (Å²) < 4.78 is 12.6. The minimum Gasteiger partial charge on any atom is -0.497 e. The van der Waals surface area contributed by atoms with Crippen LogP contribution in [0.3, 0.4) is 0 Å². The van der Waals surface area contributed by atoms with Crippen LogP contribution in [-0.2, 0) is 4.79 Å². The number of aromatic nitrogens is 1. The highest BCUT2D eigenvalue weighted by molar-refractivity contribution is 8.18. The van der Waals surface area contributed by atoms with E-state index >= 15 is 0 Å². The molecule has 1 aromatic heterocycles. The summed E-state index contributed by atoms with van der Waals surface area (Å²) in [4.78, 5) is 17.5. The Labute approximate surface area is 179 Å². The van der Waals surface area contributed by atoms with Gasteiger partial charge in [-0.3, -0.25) is 4.79 Å². The van der Waals surface area contributed by atoms with E-state index in [0.717, 1.165) is 28.4 Å². The largest absolute Gasteiger partial charge is 0.497 e. The topological polar surface area (TPSA) is 64.8 Å². The highest BCUT2D eigenvalue weighted by Crippen LogP contribution is 2.29. The molecular formula is C23H21N3O3S. The first-order chi connectivity index (χ1) is 14.6. The second kappa shape index (κ2) is 8.92. The minimum atomic E-state index is -0.151. The molecule has 1 N–H and O–H groups in total. The van der Waals surface area contributed by atoms with Gasteiger partial charge < -0.3 is 19.4 Å². The van der Waals surface area contributed by atoms with Crippen molar-refractivity contribution >= 4 is 34.6 Å². The maximum atomic E-state index is 12.3. The summed E-state index contributed by atoms with van der Waals surface area (Å²) in [5, 5.41) is 3.38. The van der Waals surface area contributed by atoms with Crippen molar-refractivity contribution in [2.24, 2.45) is 4.99 Å². The molecule has 1 aliphatic heterocycles. The summed E-state index contributed by atoms with van der Waals surface area (Å²) in [6.07, 6.45) is 5.80. The molecule has 6 nitrogen and oxygen atoms in total. The second-order valence-electron chi connectivity index (χ2n) is 6.46. The maximum Gasteiger partial charge on any atom is 0.264 e. The number of aliphatic imine (C=N–C) groups is 1. The van der Waals surface area contributed by atoms with Crippen LogP contribution in [-0.4, -0.2) is 29.4 Å². The SMILES string of the molecule is CCOc1ccc(N=C2NC(=O)/C(=C\c3ccn(-c4ccc(OC)cc4)c3)S2)cc1. The number of carbonyl (C=O) groups excluding carboxylic acids is 1. The van der Waals surface area contributed by atoms with Crippen molar-refractivity contribution in [2.75, 3.05) is 13.7 Å². The maximum absolute atomic E-state index is 12.3. The Morgan fingerprint density at radius 1 is 1.07 bits per heavy atom. The number of amides is 1. The summed E-state index contributed by atoms with van der Waals surface area (Å²) >= 11 is 1.33. The lowest BCUT2D eigenvalue weighted by molar-refractivity contribution is -0.115. The molecule has 0 radical (unpaired) electrons. The third-order valence-corrected chi connectivity index (χ3v) is 5.32. The molecule has 1 amide bonds. The molecule has 30 heavy (non-hydrogen) atoms. The normalized spacial score (nSPS) is 16.1. The number of carbonyl (C=O) groups is 1. The van der Waals surface area contributed by atoms with Crippen LogP contribution in [0.2, 0.25) is 0 Å². The van der Waals surface area contributed by atoms with Crippen molar-refractivity contribution in [3.63, 3.8) is 0 Å². The smallest absolute Gasteiger partial charge is 0.264 e. The van der Waals surface area contributed by atoms with Crippen LogP contribution in [0.15, 0.2) is 76.9 Å². The molecule has 0 unspecified atom stereocenters. The molecule has 7 heteroatoms. The van der Waals surface area contributed by atoms with Gasteiger partial charge in [0.2, 0.25) is 0 Å². The number of amidine groups is 1. The third kappa shape index (κ3) is 4.58. The molecule has 2 aromatic carbocycles. The van der Waals surface area contributed by atoms with Gasteiger partial charge in [-0.15, -0.1) is 0 Å². The van der Waals surface area contributed by atoms with Gasteiger partial charge in [-0.25, -0.2) is 4.99 Å². The first-order valence-electron chi connectivity index (χ1n) is 9.49. The van der Waals surface area contributed by atoms with Crippen molar-refractivity contribution in [1.82, 2.24) is 9.88 Å². The van der Waals surface area contributed by atoms with Crippen molar-refractivity contribution in [3.8, 4) is 17.2 Å². The predicted octanol–water partition coefficient (Wildman–Crippen LogP) is 4.78. The van der Waals surface area contributed by atoms with Crippen LogP contribution in [0.1, 0.15) is 12.5 Å². The van der Waals surface area contributed by atoms with Gasteiger partial charge >= 0.3 is 0 Å². The highest BCUT2D eigenvalue weighted by atomic mass is 32.2. The Kier molecular flexibility index (Phi) is 5.90. The van der Waals surface area contributed by atoms with E-state index in [-0.39, 0.29) is 5.91 Å². The average molecular weight is 420 g/mol. The highest BCUT2D eigenvalue weighted by Gasteiger charge is 2.23. The number of methoxy groups -OCH3 is 1. The van der Waals surface area contributed by atoms with Crippen LogP contribution in [0.4, 0.5) is 5.69 Å². The van der Waals surface area contributed by atoms with E-state index in [1.807, 2.05) is 84.6 Å². The number of hydrogen-bond donors (Lipinski definition) is 1. The molecule has 1 saturated heterocycles. The predicted molar refractivity (Wildman–Crippen MR) is 121 cm³/mol. The lowest BCUT2D eigenvalue weighted by Crippen LogP contribution is -2.19. The van der Waals surface area contributed by atoms with Crippen LogP contribution < -0.4 is 14.8 Å². The van der Waals surface area contributed by atoms with Crippen LogP contribution in [0, 0.1) is 0 Å². The molecule has 1 aliphatic rings. The van der Waals surface area contributed by atoms with E-state index in [0.29, 0.717) is 16.7 Å². The van der Waals surface area contributed by atoms with Crippen LogP contribution in [0.5, 0.6) is 11.5 Å². The number of nitrogens with one attached hydrogen (secondary N) is 1. The molecule has 3 aromatic rings. The number of thioether (sulfide) groups is 1. The van der Waals surface area contributed by atoms with E-state index in [4.69, 9.17) is 9.47 Å². The average Bonchev–Trinajstić information content (AvgIpc) is 3.36. The zero-order chi connectivity index (χ0) is 20.9. The Morgan fingerprint density at radius 3 is 2.50 bits per heavy atom. The summed E-state index contributed by atoms with van der Waals surface area (Å²) in [5.74, 6) is 1.46. The van der Waals surface area contributed by atoms with Crippen LogP contribution >= 0.6 is 11.8 Å². The molecule has 4 rings (SSSR count). The zero-order valence-electron chi connectivity index (χ0n) is 16.7. The molecule has 0 saturated carbocycles. The number of rotatable bonds is 6. The summed E-state index contributed by atoms with van der Waals surface area (Å²) in [7, 11) is 1.65. The Hall–Kier alpha value is -3.45. The van der Waals surface area contributed by atoms with E-state index in [2.05, 4.69) is 10.3 Å². The fourth-order valence-corrected chi connectivity index (χ4v) is 3.79. The van der Waals surface area contributed by atoms with E-state index < -0.39 is 0 Å². The minimum absolute atomic E-state index is 0.151. The lowest BCUT2D eigenvalue weighted by atomic mass is 10.3. The summed E-state index contributed by atoms with van der Waals surface area (Å²) in [5.41, 5.74) is 2.71. The molecular weight excluding hydrogens is 398 g/mol. The number of benzene rings is 2. The van der Waals surface area contributed by atoms with Gasteiger partial charge in [-0.2, -0.15) is 0 Å². The molecule has 2 heterocycles. The van der Waals surface area contributed by atoms with E-state index in [9.17, 15) is 4.79 Å². The summed E-state index contributed by atoms with van der Waals surface area (Å²) in [6.45, 7) is 2.56. The number of ether oxygens (including phenoxy) is 2. The van der Waals surface area contributed by atoms with Gasteiger partial charge in [0.25, 0.3) is 5.91 Å². The molecule has 0 atom stereocenters. The quantitative estimate of drug-likeness (QED) is 0.584. The van der Waals surface area contributed by atoms with E-state index in [1.54, 1.807) is 7.11 Å². The molecule has 0 aliphatic carbocycles. The molecule has 0 spiro atoms. The van der Waals surface area contributed by atoms with Gasteiger partial charge in [-0.1, -0.05) is 0 Å². The van der Waals surface area contributed by atoms with Crippen LogP contribution in [0.25, 0.3) is 11.8 Å². The Bertz CT molecular complexity index is 1100. The standard InChI is InChI=1S/C23H21N3O3S/c1-3-29-20-8-4-17(5-9-20)24-23-25-22(27)21(30-23)14-16-12-13-26(15-16)18-6-10-19(28-2)11-7-18/h4-15H,3H2,1-2H3,(H,24,25,27)/b21-14+. The first-order valence-corrected chi connectivity index (χ1v) is 10.3. The fourth-order valence-electron chi connectivity index (χ4n) is 2.95. The molecule has 152 valence electrons. The lowest BCUT2D eigenvalue weighted by Gasteiger charge is -2.04. The van der Waals surface area contributed by atoms with Gasteiger partial charge in [0.05, 0.1) is 24.3 Å². The Balaban J connectivity index is 1.48. The monoisotopic (exact) mass is 419 g/mol. The van der Waals surface area contributed by atoms with Crippen molar-refractivity contribution < 1.29 is 14.3 Å². The third-order valence-electron chi connectivity index (χ3n) is 4.41. The molecule has 0 bridgehead atoms. The second-order valence-corrected chi connectivity index (χ2v) is 7.49. The van der Waals surface area contributed by atoms with Gasteiger partial charge in [-0.05, 0) is 84.9 Å². The van der Waals surface area contributed by atoms with E-state index in [1.165, 1.54) is 11.8 Å². The molecule has 1 fully saturated rings. The van der Waals surface area contributed by atoms with Gasteiger partial charge in [0, 0.05) is 18.1 Å². The Morgan fingerprint density at radius 2 is 1.80 bits per heavy atom. The number of nitrogens with zero attached hydrogens (tertiary/aromatic N) is 2. The van der Waals surface area contributed by atoms with Crippen molar-refractivity contribution in [2.45, 2.75) is 6.92 Å². The first kappa shape index (κ1) is 19.8. The van der Waals surface area contributed by atoms with Gasteiger partial charge in [0.1, 0.15) is 11.5 Å². The summed E-state index contributed by atoms with van der Waals surface area (Å²) in [6, 6.07) is 17.2. The zero-order valence-corrected chi connectivity index (χ0v) is 17.5.